The Balaban J connectivity index is 4.76. The molecule has 0 bridgehead atoms. The van der Waals surface area contributed by atoms with Crippen LogP contribution in [0.25, 0.3) is 0 Å². The minimum Gasteiger partial charge on any atom is -0.480 e. The average molecular weight is 423 g/mol. The molecular weight excluding hydrogens is 392 g/mol. The summed E-state index contributed by atoms with van der Waals surface area (Å²) in [6.45, 7) is 3.29. The summed E-state index contributed by atoms with van der Waals surface area (Å²) in [6.07, 6.45) is 2.98. The summed E-state index contributed by atoms with van der Waals surface area (Å²) in [7, 11) is 0. The summed E-state index contributed by atoms with van der Waals surface area (Å²) in [5.74, 6) is -2.40. The van der Waals surface area contributed by atoms with Crippen molar-refractivity contribution in [1.82, 2.24) is 16.0 Å². The van der Waals surface area contributed by atoms with Gasteiger partial charge in [-0.15, -0.1) is 0 Å². The van der Waals surface area contributed by atoms with E-state index in [1.165, 1.54) is 0 Å². The highest BCUT2D eigenvalue weighted by molar-refractivity contribution is 7.98. The smallest absolute Gasteiger partial charge is 0.327 e. The molecule has 0 aliphatic rings. The van der Waals surface area contributed by atoms with Crippen LogP contribution in [0.5, 0.6) is 0 Å². The zero-order valence-corrected chi connectivity index (χ0v) is 17.6. The lowest BCUT2D eigenvalue weighted by Crippen LogP contribution is -2.56. The van der Waals surface area contributed by atoms with Crippen molar-refractivity contribution in [3.05, 3.63) is 0 Å². The van der Waals surface area contributed by atoms with Crippen molar-refractivity contribution in [2.75, 3.05) is 24.3 Å². The van der Waals surface area contributed by atoms with Crippen LogP contribution in [-0.2, 0) is 19.2 Å². The molecule has 4 atom stereocenters. The van der Waals surface area contributed by atoms with Gasteiger partial charge in [0.2, 0.25) is 17.7 Å². The van der Waals surface area contributed by atoms with Gasteiger partial charge >= 0.3 is 5.97 Å². The normalized spacial score (nSPS) is 15.1. The van der Waals surface area contributed by atoms with Crippen LogP contribution < -0.4 is 21.7 Å². The van der Waals surface area contributed by atoms with Crippen molar-refractivity contribution in [2.24, 2.45) is 11.7 Å². The monoisotopic (exact) mass is 422 g/mol. The maximum atomic E-state index is 12.4. The number of carbonyl (C=O) groups is 4. The molecule has 0 heterocycles. The van der Waals surface area contributed by atoms with E-state index in [9.17, 15) is 19.2 Å². The molecule has 3 amide bonds. The Hall–Kier alpha value is -1.46. The maximum Gasteiger partial charge on any atom is 0.327 e. The third-order valence-electron chi connectivity index (χ3n) is 4.00. The fraction of sp³-hybridized carbons (Fsp3) is 0.750. The lowest BCUT2D eigenvalue weighted by molar-refractivity contribution is -0.141. The molecule has 6 N–H and O–H groups in total. The van der Waals surface area contributed by atoms with Gasteiger partial charge in [0.1, 0.15) is 12.1 Å². The van der Waals surface area contributed by atoms with Gasteiger partial charge in [0.05, 0.1) is 12.6 Å². The first-order valence-corrected chi connectivity index (χ1v) is 10.7. The number of thiol groups is 1. The van der Waals surface area contributed by atoms with Crippen LogP contribution in [0, 0.1) is 5.92 Å². The Morgan fingerprint density at radius 1 is 1.19 bits per heavy atom. The topological polar surface area (TPSA) is 151 Å². The predicted molar refractivity (Wildman–Crippen MR) is 109 cm³/mol. The minimum atomic E-state index is -1.21. The number of carboxylic acid groups (broad SMARTS) is 1. The first-order valence-electron chi connectivity index (χ1n) is 8.63. The molecule has 27 heavy (non-hydrogen) atoms. The van der Waals surface area contributed by atoms with E-state index in [1.807, 2.05) is 13.2 Å². The molecule has 11 heteroatoms. The summed E-state index contributed by atoms with van der Waals surface area (Å²) in [6, 6.07) is -2.78. The fourth-order valence-electron chi connectivity index (χ4n) is 2.05. The van der Waals surface area contributed by atoms with Gasteiger partial charge < -0.3 is 26.8 Å². The Kier molecular flexibility index (Phi) is 12.9. The van der Waals surface area contributed by atoms with E-state index >= 15 is 0 Å². The van der Waals surface area contributed by atoms with Gasteiger partial charge in [0.25, 0.3) is 0 Å². The number of amides is 3. The third-order valence-corrected chi connectivity index (χ3v) is 5.01. The number of hydrogen-bond donors (Lipinski definition) is 6. The Labute approximate surface area is 169 Å². The van der Waals surface area contributed by atoms with Gasteiger partial charge in [-0.2, -0.15) is 24.4 Å². The Bertz CT molecular complexity index is 521. The minimum absolute atomic E-state index is 0.0771. The Morgan fingerprint density at radius 2 is 1.81 bits per heavy atom. The van der Waals surface area contributed by atoms with E-state index in [2.05, 4.69) is 28.6 Å². The zero-order valence-electron chi connectivity index (χ0n) is 15.9. The van der Waals surface area contributed by atoms with E-state index in [1.54, 1.807) is 18.7 Å². The van der Waals surface area contributed by atoms with Crippen LogP contribution in [0.1, 0.15) is 26.7 Å². The van der Waals surface area contributed by atoms with E-state index in [4.69, 9.17) is 10.8 Å². The number of carboxylic acids is 1. The molecule has 0 spiro atoms. The highest BCUT2D eigenvalue weighted by atomic mass is 32.2. The molecule has 0 aliphatic carbocycles. The lowest BCUT2D eigenvalue weighted by Gasteiger charge is -2.25. The summed E-state index contributed by atoms with van der Waals surface area (Å²) < 4.78 is 0. The highest BCUT2D eigenvalue weighted by Gasteiger charge is 2.29. The molecule has 0 aromatic rings. The summed E-state index contributed by atoms with van der Waals surface area (Å²) in [5, 5.41) is 16.4. The number of nitrogens with one attached hydrogen (secondary N) is 3. The molecule has 0 radical (unpaired) electrons. The molecule has 156 valence electrons. The number of carbonyl (C=O) groups excluding carboxylic acids is 3. The van der Waals surface area contributed by atoms with Crippen LogP contribution >= 0.6 is 24.4 Å². The van der Waals surface area contributed by atoms with Crippen LogP contribution in [0.15, 0.2) is 0 Å². The molecule has 0 saturated heterocycles. The van der Waals surface area contributed by atoms with Crippen LogP contribution in [0.2, 0.25) is 0 Å². The largest absolute Gasteiger partial charge is 0.480 e. The van der Waals surface area contributed by atoms with Crippen molar-refractivity contribution in [2.45, 2.75) is 44.8 Å². The number of nitrogens with two attached hydrogens (primary N) is 1. The van der Waals surface area contributed by atoms with Crippen molar-refractivity contribution < 1.29 is 24.3 Å². The molecule has 0 saturated carbocycles. The molecule has 9 nitrogen and oxygen atoms in total. The molecular formula is C16H30N4O5S2. The van der Waals surface area contributed by atoms with Gasteiger partial charge in [-0.1, -0.05) is 20.3 Å². The second kappa shape index (κ2) is 13.7. The first-order chi connectivity index (χ1) is 12.7. The van der Waals surface area contributed by atoms with E-state index in [-0.39, 0.29) is 18.2 Å². The molecule has 0 aromatic carbocycles. The van der Waals surface area contributed by atoms with Gasteiger partial charge in [-0.25, -0.2) is 4.79 Å². The number of thioether (sulfide) groups is 1. The first kappa shape index (κ1) is 25.5. The van der Waals surface area contributed by atoms with Gasteiger partial charge in [0, 0.05) is 5.75 Å². The fourth-order valence-corrected chi connectivity index (χ4v) is 2.78. The van der Waals surface area contributed by atoms with Crippen molar-refractivity contribution in [3.63, 3.8) is 0 Å². The van der Waals surface area contributed by atoms with Crippen LogP contribution in [0.4, 0.5) is 0 Å². The molecule has 0 rings (SSSR count). The predicted octanol–water partition coefficient (Wildman–Crippen LogP) is -0.787. The summed E-state index contributed by atoms with van der Waals surface area (Å²) in [4.78, 5) is 47.4. The van der Waals surface area contributed by atoms with Gasteiger partial charge in [-0.05, 0) is 24.3 Å². The summed E-state index contributed by atoms with van der Waals surface area (Å²) in [5.41, 5.74) is 5.72. The molecule has 0 aliphatic heterocycles. The summed E-state index contributed by atoms with van der Waals surface area (Å²) >= 11 is 5.46. The number of aliphatic carboxylic acids is 1. The van der Waals surface area contributed by atoms with Crippen LogP contribution in [0.3, 0.4) is 0 Å². The zero-order chi connectivity index (χ0) is 21.0. The second-order valence-corrected chi connectivity index (χ2v) is 7.47. The van der Waals surface area contributed by atoms with Crippen molar-refractivity contribution in [3.8, 4) is 0 Å². The maximum absolute atomic E-state index is 12.4. The molecule has 0 fully saturated rings. The second-order valence-electron chi connectivity index (χ2n) is 6.12. The van der Waals surface area contributed by atoms with Gasteiger partial charge in [0.15, 0.2) is 0 Å². The number of rotatable bonds is 13. The van der Waals surface area contributed by atoms with Crippen molar-refractivity contribution >= 4 is 48.1 Å². The van der Waals surface area contributed by atoms with E-state index < -0.39 is 41.8 Å². The SMILES string of the molecule is CCC(C)C(NC(=O)CNC(=O)C(N)CCSC)C(=O)NC(CS)C(=O)O. The highest BCUT2D eigenvalue weighted by Crippen LogP contribution is 2.08. The van der Waals surface area contributed by atoms with E-state index in [0.29, 0.717) is 12.8 Å². The molecule has 4 unspecified atom stereocenters. The lowest BCUT2D eigenvalue weighted by atomic mass is 9.98. The average Bonchev–Trinajstić information content (AvgIpc) is 2.64. The number of hydrogen-bond acceptors (Lipinski definition) is 7. The third kappa shape index (κ3) is 9.87. The van der Waals surface area contributed by atoms with Gasteiger partial charge in [-0.3, -0.25) is 14.4 Å². The quantitative estimate of drug-likeness (QED) is 0.213. The van der Waals surface area contributed by atoms with E-state index in [0.717, 1.165) is 5.75 Å². The standard InChI is InChI=1S/C16H30N4O5S2/c1-4-9(2)13(15(23)19-11(8-26)16(24)25)20-12(21)7-18-14(22)10(17)5-6-27-3/h9-11,13,26H,4-8,17H2,1-3H3,(H,18,22)(H,19,23)(H,20,21)(H,24,25). The van der Waals surface area contributed by atoms with Crippen molar-refractivity contribution in [1.29, 1.82) is 0 Å². The Morgan fingerprint density at radius 3 is 2.30 bits per heavy atom. The van der Waals surface area contributed by atoms with Crippen LogP contribution in [-0.4, -0.2) is 71.2 Å². The molecule has 0 aromatic heterocycles.